The Balaban J connectivity index is 2.97. The molecular weight excluding hydrogens is 258 g/mol. The first-order chi connectivity index (χ1) is 8.36. The highest BCUT2D eigenvalue weighted by atomic mass is 32.2. The van der Waals surface area contributed by atoms with Gasteiger partial charge in [-0.2, -0.15) is 4.72 Å². The predicted molar refractivity (Wildman–Crippen MR) is 65.3 cm³/mol. The van der Waals surface area contributed by atoms with Crippen LogP contribution in [0.25, 0.3) is 0 Å². The number of pyridine rings is 1. The zero-order valence-electron chi connectivity index (χ0n) is 9.83. The fourth-order valence-electron chi connectivity index (χ4n) is 1.36. The Morgan fingerprint density at radius 1 is 1.56 bits per heavy atom. The number of carboxylic acid groups (broad SMARTS) is 1. The van der Waals surface area contributed by atoms with Gasteiger partial charge in [-0.05, 0) is 12.5 Å². The van der Waals surface area contributed by atoms with Crippen LogP contribution >= 0.6 is 0 Å². The topological polar surface area (TPSA) is 122 Å². The second-order valence-electron chi connectivity index (χ2n) is 3.75. The average Bonchev–Trinajstić information content (AvgIpc) is 2.28. The predicted octanol–water partition coefficient (Wildman–Crippen LogP) is 0.195. The lowest BCUT2D eigenvalue weighted by Crippen LogP contribution is -2.40. The van der Waals surface area contributed by atoms with Gasteiger partial charge in [0.05, 0.1) is 5.69 Å². The van der Waals surface area contributed by atoms with Crippen molar-refractivity contribution in [2.24, 2.45) is 0 Å². The van der Waals surface area contributed by atoms with Crippen LogP contribution in [0, 0.1) is 0 Å². The van der Waals surface area contributed by atoms with Crippen LogP contribution in [0.4, 0.5) is 5.69 Å². The smallest absolute Gasteiger partial charge is 0.321 e. The molecule has 0 radical (unpaired) electrons. The van der Waals surface area contributed by atoms with Crippen molar-refractivity contribution in [1.82, 2.24) is 9.71 Å². The molecule has 0 aromatic carbocycles. The lowest BCUT2D eigenvalue weighted by atomic mass is 10.2. The Morgan fingerprint density at radius 2 is 2.22 bits per heavy atom. The number of rotatable bonds is 6. The van der Waals surface area contributed by atoms with Gasteiger partial charge in [0, 0.05) is 12.4 Å². The number of nitrogens with zero attached hydrogens (tertiary/aromatic N) is 1. The number of anilines is 1. The molecule has 0 amide bonds. The Morgan fingerprint density at radius 3 is 2.72 bits per heavy atom. The summed E-state index contributed by atoms with van der Waals surface area (Å²) in [6.45, 7) is 1.77. The van der Waals surface area contributed by atoms with E-state index in [4.69, 9.17) is 10.8 Å². The lowest BCUT2D eigenvalue weighted by molar-refractivity contribution is -0.139. The highest BCUT2D eigenvalue weighted by Crippen LogP contribution is 2.12. The van der Waals surface area contributed by atoms with E-state index in [1.165, 1.54) is 12.3 Å². The number of carboxylic acids is 1. The Bertz CT molecular complexity index is 530. The first-order valence-corrected chi connectivity index (χ1v) is 6.80. The molecule has 1 atom stereocenters. The number of sulfonamides is 1. The molecule has 8 heteroatoms. The molecule has 100 valence electrons. The van der Waals surface area contributed by atoms with Gasteiger partial charge in [-0.3, -0.25) is 9.78 Å². The third-order valence-corrected chi connectivity index (χ3v) is 3.66. The maximum Gasteiger partial charge on any atom is 0.321 e. The molecule has 0 fully saturated rings. The Hall–Kier alpha value is -1.67. The normalized spacial score (nSPS) is 13.2. The molecule has 1 unspecified atom stereocenters. The molecule has 0 spiro atoms. The van der Waals surface area contributed by atoms with Gasteiger partial charge in [0.25, 0.3) is 0 Å². The van der Waals surface area contributed by atoms with E-state index in [-0.39, 0.29) is 17.0 Å². The van der Waals surface area contributed by atoms with E-state index in [1.807, 2.05) is 0 Å². The molecule has 0 saturated carbocycles. The maximum absolute atomic E-state index is 11.9. The van der Waals surface area contributed by atoms with Crippen molar-refractivity contribution in [3.63, 3.8) is 0 Å². The maximum atomic E-state index is 11.9. The minimum atomic E-state index is -3.92. The van der Waals surface area contributed by atoms with Crippen LogP contribution in [0.1, 0.15) is 19.8 Å². The molecule has 7 nitrogen and oxygen atoms in total. The first-order valence-electron chi connectivity index (χ1n) is 5.32. The van der Waals surface area contributed by atoms with Gasteiger partial charge in [0.1, 0.15) is 10.9 Å². The van der Waals surface area contributed by atoms with Crippen LogP contribution in [-0.2, 0) is 14.8 Å². The molecule has 0 bridgehead atoms. The fourth-order valence-corrected chi connectivity index (χ4v) is 2.58. The Labute approximate surface area is 105 Å². The largest absolute Gasteiger partial charge is 0.480 e. The average molecular weight is 273 g/mol. The lowest BCUT2D eigenvalue weighted by Gasteiger charge is -2.13. The third-order valence-electron chi connectivity index (χ3n) is 2.22. The number of hydrogen-bond acceptors (Lipinski definition) is 5. The van der Waals surface area contributed by atoms with Crippen LogP contribution in [0.2, 0.25) is 0 Å². The quantitative estimate of drug-likeness (QED) is 0.680. The summed E-state index contributed by atoms with van der Waals surface area (Å²) in [7, 11) is -3.92. The van der Waals surface area contributed by atoms with Crippen LogP contribution in [0.3, 0.4) is 0 Å². The molecule has 1 aromatic heterocycles. The summed E-state index contributed by atoms with van der Waals surface area (Å²) in [6.07, 6.45) is 3.18. The number of aromatic nitrogens is 1. The van der Waals surface area contributed by atoms with Crippen molar-refractivity contribution < 1.29 is 18.3 Å². The Kier molecular flexibility index (Phi) is 4.62. The first kappa shape index (κ1) is 14.4. The molecule has 1 heterocycles. The number of aliphatic carboxylic acids is 1. The van der Waals surface area contributed by atoms with Crippen molar-refractivity contribution in [3.8, 4) is 0 Å². The molecule has 0 aliphatic heterocycles. The molecule has 4 N–H and O–H groups in total. The van der Waals surface area contributed by atoms with Gasteiger partial charge in [0.15, 0.2) is 0 Å². The second kappa shape index (κ2) is 5.78. The SMILES string of the molecule is CCCC(NS(=O)(=O)c1cncc(N)c1)C(=O)O. The van der Waals surface area contributed by atoms with Crippen molar-refractivity contribution in [2.75, 3.05) is 5.73 Å². The molecule has 1 rings (SSSR count). The summed E-state index contributed by atoms with van der Waals surface area (Å²) in [5.74, 6) is -1.21. The minimum absolute atomic E-state index is 0.148. The van der Waals surface area contributed by atoms with E-state index in [0.29, 0.717) is 6.42 Å². The number of carbonyl (C=O) groups is 1. The van der Waals surface area contributed by atoms with E-state index < -0.39 is 22.0 Å². The number of nitrogens with two attached hydrogens (primary N) is 1. The van der Waals surface area contributed by atoms with Crippen molar-refractivity contribution in [1.29, 1.82) is 0 Å². The summed E-state index contributed by atoms with van der Waals surface area (Å²) in [6, 6.07) is 0.0710. The highest BCUT2D eigenvalue weighted by Gasteiger charge is 2.24. The molecule has 0 saturated heterocycles. The van der Waals surface area contributed by atoms with Gasteiger partial charge in [-0.25, -0.2) is 8.42 Å². The van der Waals surface area contributed by atoms with Gasteiger partial charge in [-0.15, -0.1) is 0 Å². The highest BCUT2D eigenvalue weighted by molar-refractivity contribution is 7.89. The summed E-state index contributed by atoms with van der Waals surface area (Å²) < 4.78 is 25.9. The summed E-state index contributed by atoms with van der Waals surface area (Å²) in [5, 5.41) is 8.90. The third kappa shape index (κ3) is 3.67. The van der Waals surface area contributed by atoms with Crippen molar-refractivity contribution in [2.45, 2.75) is 30.7 Å². The van der Waals surface area contributed by atoms with Crippen molar-refractivity contribution >= 4 is 21.7 Å². The number of nitrogens with one attached hydrogen (secondary N) is 1. The molecule has 1 aromatic rings. The monoisotopic (exact) mass is 273 g/mol. The zero-order chi connectivity index (χ0) is 13.8. The fraction of sp³-hybridized carbons (Fsp3) is 0.400. The van der Waals surface area contributed by atoms with Gasteiger partial charge >= 0.3 is 5.97 Å². The van der Waals surface area contributed by atoms with E-state index in [2.05, 4.69) is 9.71 Å². The van der Waals surface area contributed by atoms with Crippen LogP contribution in [0.15, 0.2) is 23.4 Å². The number of nitrogen functional groups attached to an aromatic ring is 1. The standard InChI is InChI=1S/C10H15N3O4S/c1-2-3-9(10(14)15)13-18(16,17)8-4-7(11)5-12-6-8/h4-6,9,13H,2-3,11H2,1H3,(H,14,15). The van der Waals surface area contributed by atoms with Crippen LogP contribution in [0.5, 0.6) is 0 Å². The summed E-state index contributed by atoms with van der Waals surface area (Å²) in [4.78, 5) is 14.4. The molecule has 0 aliphatic rings. The van der Waals surface area contributed by atoms with Gasteiger partial charge in [0.2, 0.25) is 10.0 Å². The zero-order valence-corrected chi connectivity index (χ0v) is 10.6. The summed E-state index contributed by atoms with van der Waals surface area (Å²) in [5.41, 5.74) is 5.63. The van der Waals surface area contributed by atoms with Crippen molar-refractivity contribution in [3.05, 3.63) is 18.5 Å². The van der Waals surface area contributed by atoms with Gasteiger partial charge < -0.3 is 10.8 Å². The van der Waals surface area contributed by atoms with Crippen LogP contribution < -0.4 is 10.5 Å². The van der Waals surface area contributed by atoms with E-state index in [0.717, 1.165) is 6.20 Å². The molecule has 18 heavy (non-hydrogen) atoms. The molecular formula is C10H15N3O4S. The second-order valence-corrected chi connectivity index (χ2v) is 5.47. The van der Waals surface area contributed by atoms with E-state index >= 15 is 0 Å². The minimum Gasteiger partial charge on any atom is -0.480 e. The molecule has 0 aliphatic carbocycles. The van der Waals surface area contributed by atoms with Gasteiger partial charge in [-0.1, -0.05) is 13.3 Å². The number of hydrogen-bond donors (Lipinski definition) is 3. The van der Waals surface area contributed by atoms with E-state index in [9.17, 15) is 13.2 Å². The summed E-state index contributed by atoms with van der Waals surface area (Å²) >= 11 is 0. The van der Waals surface area contributed by atoms with Crippen LogP contribution in [-0.4, -0.2) is 30.5 Å². The van der Waals surface area contributed by atoms with E-state index in [1.54, 1.807) is 6.92 Å².